The van der Waals surface area contributed by atoms with Gasteiger partial charge in [-0.25, -0.2) is 10.8 Å². The van der Waals surface area contributed by atoms with Crippen molar-refractivity contribution in [3.8, 4) is 0 Å². The minimum absolute atomic E-state index is 0.0537. The van der Waals surface area contributed by atoms with Crippen LogP contribution in [0.25, 0.3) is 5.70 Å². The van der Waals surface area contributed by atoms with Gasteiger partial charge in [-0.15, -0.1) is 0 Å². The molecular formula is C30H47N7O4. The van der Waals surface area contributed by atoms with Crippen LogP contribution in [0.15, 0.2) is 54.0 Å². The normalized spacial score (nSPS) is 13.4. The number of hydrogen-bond donors (Lipinski definition) is 5. The van der Waals surface area contributed by atoms with E-state index in [2.05, 4.69) is 36.6 Å². The first-order chi connectivity index (χ1) is 19.2. The van der Waals surface area contributed by atoms with Crippen molar-refractivity contribution >= 4 is 17.3 Å². The van der Waals surface area contributed by atoms with Gasteiger partial charge in [-0.05, 0) is 41.7 Å². The van der Waals surface area contributed by atoms with Crippen LogP contribution in [0.5, 0.6) is 0 Å². The number of hydrogen-bond acceptors (Lipinski definition) is 9. The van der Waals surface area contributed by atoms with Gasteiger partial charge >= 0.3 is 0 Å². The molecule has 7 N–H and O–H groups in total. The van der Waals surface area contributed by atoms with Crippen molar-refractivity contribution in [1.82, 2.24) is 20.3 Å². The summed E-state index contributed by atoms with van der Waals surface area (Å²) in [5, 5.41) is 14.1. The summed E-state index contributed by atoms with van der Waals surface area (Å²) in [5.41, 5.74) is 13.3. The topological polar surface area (TPSA) is 153 Å². The Hall–Kier alpha value is -3.64. The van der Waals surface area contributed by atoms with Gasteiger partial charge in [0.05, 0.1) is 49.3 Å². The Labute approximate surface area is 243 Å². The predicted molar refractivity (Wildman–Crippen MR) is 163 cm³/mol. The highest BCUT2D eigenvalue weighted by Gasteiger charge is 2.26. The Kier molecular flexibility index (Phi) is 11.7. The number of rotatable bonds is 13. The SMILES string of the molecule is COC/C(=C\C(=C/CNC(=O)c1ccc(C)c(N(N)/C=C(\N)c2cnc(C(C)(C)CO)n2C)c1)C(C)(C)C)NOC. The summed E-state index contributed by atoms with van der Waals surface area (Å²) < 4.78 is 7.08. The first-order valence-electron chi connectivity index (χ1n) is 13.4. The Bertz CT molecular complexity index is 1280. The summed E-state index contributed by atoms with van der Waals surface area (Å²) in [4.78, 5) is 22.6. The zero-order valence-electron chi connectivity index (χ0n) is 25.8. The van der Waals surface area contributed by atoms with E-state index < -0.39 is 5.41 Å². The molecule has 1 aromatic carbocycles. The van der Waals surface area contributed by atoms with Gasteiger partial charge in [-0.2, -0.15) is 0 Å². The van der Waals surface area contributed by atoms with E-state index in [-0.39, 0.29) is 17.9 Å². The molecule has 0 bridgehead atoms. The summed E-state index contributed by atoms with van der Waals surface area (Å²) >= 11 is 0. The van der Waals surface area contributed by atoms with Crippen LogP contribution in [-0.2, 0) is 22.0 Å². The molecule has 0 fully saturated rings. The molecular weight excluding hydrogens is 522 g/mol. The Morgan fingerprint density at radius 2 is 1.90 bits per heavy atom. The lowest BCUT2D eigenvalue weighted by Gasteiger charge is -2.22. The second-order valence-corrected chi connectivity index (χ2v) is 11.6. The van der Waals surface area contributed by atoms with E-state index in [1.54, 1.807) is 38.7 Å². The molecule has 41 heavy (non-hydrogen) atoms. The minimum Gasteiger partial charge on any atom is -0.396 e. The van der Waals surface area contributed by atoms with Crippen LogP contribution in [0.3, 0.4) is 0 Å². The first-order valence-corrected chi connectivity index (χ1v) is 13.4. The highest BCUT2D eigenvalue weighted by atomic mass is 16.6. The zero-order chi connectivity index (χ0) is 31.0. The molecule has 2 aromatic rings. The average Bonchev–Trinajstić information content (AvgIpc) is 3.30. The highest BCUT2D eigenvalue weighted by molar-refractivity contribution is 5.95. The van der Waals surface area contributed by atoms with Crippen LogP contribution in [0.1, 0.15) is 62.1 Å². The number of aromatic nitrogens is 2. The van der Waals surface area contributed by atoms with Crippen LogP contribution >= 0.6 is 0 Å². The van der Waals surface area contributed by atoms with Crippen LogP contribution < -0.4 is 27.4 Å². The number of nitrogens with two attached hydrogens (primary N) is 2. The number of aryl methyl sites for hydroxylation is 1. The average molecular weight is 570 g/mol. The molecule has 0 aliphatic heterocycles. The van der Waals surface area contributed by atoms with E-state index in [4.69, 9.17) is 21.2 Å². The molecule has 1 amide bonds. The molecule has 11 heteroatoms. The number of ether oxygens (including phenoxy) is 1. The van der Waals surface area contributed by atoms with E-state index in [0.29, 0.717) is 41.6 Å². The van der Waals surface area contributed by atoms with Crippen molar-refractivity contribution in [1.29, 1.82) is 0 Å². The Morgan fingerprint density at radius 3 is 2.49 bits per heavy atom. The summed E-state index contributed by atoms with van der Waals surface area (Å²) in [5.74, 6) is 6.85. The van der Waals surface area contributed by atoms with Crippen molar-refractivity contribution in [2.45, 2.75) is 47.0 Å². The molecule has 0 saturated heterocycles. The molecule has 2 rings (SSSR count). The molecule has 0 saturated carbocycles. The quantitative estimate of drug-likeness (QED) is 0.139. The Morgan fingerprint density at radius 1 is 1.22 bits per heavy atom. The number of benzene rings is 1. The molecule has 1 aromatic heterocycles. The van der Waals surface area contributed by atoms with Gasteiger partial charge in [0.25, 0.3) is 5.91 Å². The standard InChI is InChI=1S/C30H47N7O4/c1-20-10-11-21(27(39)33-13-12-22(29(2,3)4)15-23(18-40-8)35-41-9)14-25(20)37(32)17-24(31)26-16-34-28(36(26)7)30(5,6)19-38/h10-12,14-17,35,38H,13,18-19,31-32H2,1-9H3,(H,33,39)/b22-12+,23-15+,24-17-. The van der Waals surface area contributed by atoms with Gasteiger partial charge in [0.1, 0.15) is 5.82 Å². The van der Waals surface area contributed by atoms with Crippen LogP contribution in [0, 0.1) is 12.3 Å². The van der Waals surface area contributed by atoms with Gasteiger partial charge < -0.3 is 25.5 Å². The lowest BCUT2D eigenvalue weighted by Crippen LogP contribution is -2.29. The molecule has 226 valence electrons. The summed E-state index contributed by atoms with van der Waals surface area (Å²) in [6, 6.07) is 5.32. The fourth-order valence-corrected chi connectivity index (χ4v) is 4.20. The molecule has 1 heterocycles. The monoisotopic (exact) mass is 569 g/mol. The predicted octanol–water partition coefficient (Wildman–Crippen LogP) is 3.02. The van der Waals surface area contributed by atoms with Gasteiger partial charge in [0.15, 0.2) is 0 Å². The van der Waals surface area contributed by atoms with E-state index in [0.717, 1.165) is 16.8 Å². The maximum absolute atomic E-state index is 13.1. The van der Waals surface area contributed by atoms with Crippen LogP contribution in [0.2, 0.25) is 0 Å². The molecule has 0 spiro atoms. The molecule has 0 unspecified atom stereocenters. The van der Waals surface area contributed by atoms with E-state index in [9.17, 15) is 9.90 Å². The highest BCUT2D eigenvalue weighted by Crippen LogP contribution is 2.27. The van der Waals surface area contributed by atoms with Crippen LogP contribution in [-0.4, -0.2) is 54.5 Å². The number of aliphatic hydroxyl groups is 1. The summed E-state index contributed by atoms with van der Waals surface area (Å²) in [7, 11) is 5.00. The number of nitrogens with zero attached hydrogens (tertiary/aromatic N) is 3. The van der Waals surface area contributed by atoms with Crippen molar-refractivity contribution in [2.24, 2.45) is 24.0 Å². The smallest absolute Gasteiger partial charge is 0.251 e. The molecule has 11 nitrogen and oxygen atoms in total. The number of allylic oxidation sites excluding steroid dienone is 2. The van der Waals surface area contributed by atoms with E-state index in [1.165, 1.54) is 5.01 Å². The van der Waals surface area contributed by atoms with Crippen LogP contribution in [0.4, 0.5) is 5.69 Å². The summed E-state index contributed by atoms with van der Waals surface area (Å²) in [6.45, 7) is 12.6. The number of anilines is 1. The number of methoxy groups -OCH3 is 1. The lowest BCUT2D eigenvalue weighted by atomic mass is 9.85. The molecule has 0 radical (unpaired) electrons. The number of carbonyl (C=O) groups excluding carboxylic acids is 1. The van der Waals surface area contributed by atoms with Gasteiger partial charge in [0, 0.05) is 37.9 Å². The number of imidazole rings is 1. The van der Waals surface area contributed by atoms with Crippen molar-refractivity contribution in [3.05, 3.63) is 76.7 Å². The second kappa shape index (κ2) is 14.3. The third kappa shape index (κ3) is 8.92. The molecule has 0 atom stereocenters. The fraction of sp³-hybridized carbons (Fsp3) is 0.467. The van der Waals surface area contributed by atoms with Crippen molar-refractivity contribution in [2.75, 3.05) is 39.0 Å². The largest absolute Gasteiger partial charge is 0.396 e. The molecule has 0 aliphatic carbocycles. The van der Waals surface area contributed by atoms with Gasteiger partial charge in [-0.3, -0.25) is 20.1 Å². The number of amides is 1. The summed E-state index contributed by atoms with van der Waals surface area (Å²) in [6.07, 6.45) is 7.18. The van der Waals surface area contributed by atoms with Crippen molar-refractivity contribution in [3.63, 3.8) is 0 Å². The molecule has 0 aliphatic rings. The second-order valence-electron chi connectivity index (χ2n) is 11.6. The first kappa shape index (κ1) is 33.6. The Balaban J connectivity index is 2.25. The number of hydrazine groups is 1. The fourth-order valence-electron chi connectivity index (χ4n) is 4.20. The number of carbonyl (C=O) groups is 1. The number of nitrogens with one attached hydrogen (secondary N) is 2. The zero-order valence-corrected chi connectivity index (χ0v) is 25.8. The van der Waals surface area contributed by atoms with Crippen molar-refractivity contribution < 1.29 is 19.5 Å². The van der Waals surface area contributed by atoms with E-state index >= 15 is 0 Å². The van der Waals surface area contributed by atoms with Gasteiger partial charge in [-0.1, -0.05) is 46.8 Å². The maximum atomic E-state index is 13.1. The third-order valence-electron chi connectivity index (χ3n) is 6.63. The lowest BCUT2D eigenvalue weighted by molar-refractivity contribution is 0.0957. The van der Waals surface area contributed by atoms with Gasteiger partial charge in [0.2, 0.25) is 0 Å². The van der Waals surface area contributed by atoms with E-state index in [1.807, 2.05) is 50.6 Å². The number of aliphatic hydroxyl groups excluding tert-OH is 1. The third-order valence-corrected chi connectivity index (χ3v) is 6.63. The maximum Gasteiger partial charge on any atom is 0.251 e. The minimum atomic E-state index is -0.528. The number of hydroxylamine groups is 1.